The molecule has 0 aromatic heterocycles. The zero-order valence-electron chi connectivity index (χ0n) is 4.94. The molecule has 0 aromatic carbocycles. The van der Waals surface area contributed by atoms with Crippen molar-refractivity contribution in [2.75, 3.05) is 0 Å². The average molecular weight is 116 g/mol. The van der Waals surface area contributed by atoms with Crippen molar-refractivity contribution in [2.24, 2.45) is 0 Å². The van der Waals surface area contributed by atoms with Gasteiger partial charge in [0.2, 0.25) is 0 Å². The minimum absolute atomic E-state index is 0.429. The quantitative estimate of drug-likeness (QED) is 0.386. The summed E-state index contributed by atoms with van der Waals surface area (Å²) in [6.07, 6.45) is 2.46. The zero-order chi connectivity index (χ0) is 5.91. The van der Waals surface area contributed by atoms with Gasteiger partial charge in [-0.05, 0) is 13.3 Å². The summed E-state index contributed by atoms with van der Waals surface area (Å²) in [7, 11) is 0.822. The largest absolute Gasteiger partial charge is 0.394 e. The van der Waals surface area contributed by atoms with Gasteiger partial charge in [-0.1, -0.05) is 6.08 Å². The van der Waals surface area contributed by atoms with Crippen molar-refractivity contribution in [3.63, 3.8) is 0 Å². The summed E-state index contributed by atoms with van der Waals surface area (Å²) in [5, 5.41) is 8.58. The monoisotopic (exact) mass is 116 g/mol. The van der Waals surface area contributed by atoms with Crippen LogP contribution >= 0.6 is 0 Å². The Balaban J connectivity index is 3.34. The van der Waals surface area contributed by atoms with Crippen molar-refractivity contribution < 1.29 is 5.11 Å². The zero-order valence-corrected chi connectivity index (χ0v) is 6.94. The Kier molecular flexibility index (Phi) is 2.26. The van der Waals surface area contributed by atoms with Crippen molar-refractivity contribution in [3.8, 4) is 0 Å². The van der Waals surface area contributed by atoms with Crippen LogP contribution in [0.5, 0.6) is 0 Å². The highest BCUT2D eigenvalue weighted by Gasteiger charge is 2.07. The van der Waals surface area contributed by atoms with Crippen LogP contribution in [-0.4, -0.2) is 20.6 Å². The van der Waals surface area contributed by atoms with Crippen LogP contribution in [0.3, 0.4) is 0 Å². The van der Waals surface area contributed by atoms with Gasteiger partial charge < -0.3 is 5.11 Å². The van der Waals surface area contributed by atoms with Gasteiger partial charge in [-0.2, -0.15) is 0 Å². The third kappa shape index (κ3) is 5.92. The molecule has 2 heteroatoms. The van der Waals surface area contributed by atoms with Gasteiger partial charge in [-0.3, -0.25) is 0 Å². The first-order valence-corrected chi connectivity index (χ1v) is 3.39. The fourth-order valence-corrected chi connectivity index (χ4v) is 0.642. The van der Waals surface area contributed by atoms with Gasteiger partial charge in [0, 0.05) is 15.5 Å². The lowest BCUT2D eigenvalue weighted by Gasteiger charge is -2.12. The lowest BCUT2D eigenvalue weighted by atomic mass is 10.3. The molecular formula is C5H12OSi. The van der Waals surface area contributed by atoms with Gasteiger partial charge in [0.15, 0.2) is 0 Å². The van der Waals surface area contributed by atoms with Crippen molar-refractivity contribution in [1.29, 1.82) is 0 Å². The number of rotatable bonds is 2. The molecule has 0 spiro atoms. The van der Waals surface area contributed by atoms with Crippen molar-refractivity contribution >= 4 is 10.2 Å². The van der Waals surface area contributed by atoms with E-state index in [0.29, 0.717) is 0 Å². The molecule has 0 bridgehead atoms. The minimum Gasteiger partial charge on any atom is -0.394 e. The van der Waals surface area contributed by atoms with Crippen LogP contribution in [0.4, 0.5) is 0 Å². The van der Waals surface area contributed by atoms with E-state index < -0.39 is 5.22 Å². The average Bonchev–Trinajstić information content (AvgIpc) is 1.30. The second kappa shape index (κ2) is 2.28. The first kappa shape index (κ1) is 6.92. The highest BCUT2D eigenvalue weighted by atomic mass is 28.1. The summed E-state index contributed by atoms with van der Waals surface area (Å²) >= 11 is 0. The van der Waals surface area contributed by atoms with Gasteiger partial charge in [0.05, 0.1) is 0 Å². The molecule has 0 saturated carbocycles. The van der Waals surface area contributed by atoms with E-state index in [9.17, 15) is 0 Å². The number of hydrogen-bond donors (Lipinski definition) is 1. The molecule has 0 aliphatic rings. The third-order valence-corrected chi connectivity index (χ3v) is 1.05. The maximum Gasteiger partial charge on any atom is 0.0458 e. The van der Waals surface area contributed by atoms with E-state index in [1.807, 2.05) is 6.92 Å². The molecule has 1 atom stereocenters. The summed E-state index contributed by atoms with van der Waals surface area (Å²) in [5.74, 6) is 0. The molecule has 0 rings (SSSR count). The Morgan fingerprint density at radius 1 is 2.00 bits per heavy atom. The molecule has 0 aliphatic carbocycles. The Labute approximate surface area is 47.5 Å². The van der Waals surface area contributed by atoms with Crippen LogP contribution in [-0.2, 0) is 0 Å². The van der Waals surface area contributed by atoms with E-state index in [1.165, 1.54) is 0 Å². The van der Waals surface area contributed by atoms with Crippen molar-refractivity contribution in [3.05, 3.63) is 12.7 Å². The summed E-state index contributed by atoms with van der Waals surface area (Å²) in [5.41, 5.74) is 0. The Morgan fingerprint density at radius 3 is 2.43 bits per heavy atom. The van der Waals surface area contributed by atoms with Crippen molar-refractivity contribution in [2.45, 2.75) is 18.6 Å². The van der Waals surface area contributed by atoms with Gasteiger partial charge in [-0.25, -0.2) is 0 Å². The highest BCUT2D eigenvalue weighted by Crippen LogP contribution is 2.01. The molecule has 0 saturated heterocycles. The first-order valence-electron chi connectivity index (χ1n) is 2.39. The second-order valence-electron chi connectivity index (χ2n) is 2.31. The molecule has 0 amide bonds. The van der Waals surface area contributed by atoms with Crippen LogP contribution < -0.4 is 0 Å². The molecule has 0 aliphatic heterocycles. The van der Waals surface area contributed by atoms with Crippen LogP contribution in [0, 0.1) is 0 Å². The predicted octanol–water partition coefficient (Wildman–Crippen LogP) is -0.364. The molecule has 0 heterocycles. The van der Waals surface area contributed by atoms with Gasteiger partial charge >= 0.3 is 0 Å². The van der Waals surface area contributed by atoms with Crippen LogP contribution in [0.15, 0.2) is 12.7 Å². The fourth-order valence-electron chi connectivity index (χ4n) is 0.353. The van der Waals surface area contributed by atoms with E-state index in [2.05, 4.69) is 6.58 Å². The molecule has 42 valence electrons. The van der Waals surface area contributed by atoms with E-state index >= 15 is 0 Å². The molecule has 0 radical (unpaired) electrons. The van der Waals surface area contributed by atoms with E-state index in [0.717, 1.165) is 16.7 Å². The lowest BCUT2D eigenvalue weighted by molar-refractivity contribution is 0.152. The molecular weight excluding hydrogens is 104 g/mol. The smallest absolute Gasteiger partial charge is 0.0458 e. The minimum atomic E-state index is -0.429. The molecule has 1 nitrogen and oxygen atoms in total. The van der Waals surface area contributed by atoms with Crippen LogP contribution in [0.2, 0.25) is 0 Å². The summed E-state index contributed by atoms with van der Waals surface area (Å²) in [4.78, 5) is 0. The van der Waals surface area contributed by atoms with Crippen molar-refractivity contribution in [1.82, 2.24) is 0 Å². The number of hydrogen-bond acceptors (Lipinski definition) is 1. The Hall–Kier alpha value is -0.0831. The summed E-state index contributed by atoms with van der Waals surface area (Å²) < 4.78 is 0. The molecule has 7 heavy (non-hydrogen) atoms. The van der Waals surface area contributed by atoms with E-state index in [4.69, 9.17) is 5.11 Å². The summed E-state index contributed by atoms with van der Waals surface area (Å²) in [6.45, 7) is 5.33. The number of aliphatic hydroxyl groups is 1. The van der Waals surface area contributed by atoms with Gasteiger partial charge in [0.1, 0.15) is 0 Å². The molecule has 1 N–H and O–H groups in total. The second-order valence-corrected chi connectivity index (χ2v) is 4.46. The molecule has 0 fully saturated rings. The molecule has 1 unspecified atom stereocenters. The Morgan fingerprint density at radius 2 is 2.43 bits per heavy atom. The highest BCUT2D eigenvalue weighted by molar-refractivity contribution is 6.14. The maximum absolute atomic E-state index is 9.01. The first-order chi connectivity index (χ1) is 3.06. The normalized spacial score (nSPS) is 18.6. The standard InChI is InChI=1S/C5H12OSi/c1-3-4-5(2,6)7/h3,6H,1,4H2,2,7H3. The van der Waals surface area contributed by atoms with Crippen LogP contribution in [0.1, 0.15) is 13.3 Å². The topological polar surface area (TPSA) is 20.2 Å². The van der Waals surface area contributed by atoms with Crippen LogP contribution in [0.25, 0.3) is 0 Å². The van der Waals surface area contributed by atoms with Gasteiger partial charge in [0.25, 0.3) is 0 Å². The van der Waals surface area contributed by atoms with E-state index in [-0.39, 0.29) is 0 Å². The van der Waals surface area contributed by atoms with E-state index in [1.54, 1.807) is 6.08 Å². The Bertz CT molecular complexity index is 63.0. The predicted molar refractivity (Wildman–Crippen MR) is 35.4 cm³/mol. The maximum atomic E-state index is 9.01. The molecule has 0 aromatic rings. The van der Waals surface area contributed by atoms with Gasteiger partial charge in [-0.15, -0.1) is 6.58 Å². The lowest BCUT2D eigenvalue weighted by Crippen LogP contribution is -2.22. The third-order valence-electron chi connectivity index (χ3n) is 0.644. The SMILES string of the molecule is C=CCC(C)(O)[SiH3]. The summed E-state index contributed by atoms with van der Waals surface area (Å²) in [6, 6.07) is 0. The fraction of sp³-hybridized carbons (Fsp3) is 0.600.